The summed E-state index contributed by atoms with van der Waals surface area (Å²) in [6.45, 7) is 5.93. The van der Waals surface area contributed by atoms with Crippen LogP contribution in [0, 0.1) is 23.7 Å². The molecule has 5 nitrogen and oxygen atoms in total. The molecule has 2 N–H and O–H groups in total. The molecule has 3 heterocycles. The summed E-state index contributed by atoms with van der Waals surface area (Å²) >= 11 is 5.56. The second kappa shape index (κ2) is 10.4. The average Bonchev–Trinajstić information content (AvgIpc) is 3.70. The van der Waals surface area contributed by atoms with Crippen molar-refractivity contribution >= 4 is 33.9 Å². The van der Waals surface area contributed by atoms with Gasteiger partial charge in [0.05, 0.1) is 29.8 Å². The Morgan fingerprint density at radius 1 is 1.07 bits per heavy atom. The summed E-state index contributed by atoms with van der Waals surface area (Å²) < 4.78 is 86.4. The zero-order valence-electron chi connectivity index (χ0n) is 22.5. The lowest BCUT2D eigenvalue weighted by atomic mass is 9.81. The van der Waals surface area contributed by atoms with Gasteiger partial charge >= 0.3 is 12.4 Å². The highest BCUT2D eigenvalue weighted by Crippen LogP contribution is 2.62. The Labute approximate surface area is 243 Å². The normalized spacial score (nSPS) is 27.2. The van der Waals surface area contributed by atoms with Crippen LogP contribution in [0.1, 0.15) is 29.2 Å². The van der Waals surface area contributed by atoms with Crippen LogP contribution in [0.25, 0.3) is 10.9 Å². The number of pyridine rings is 1. The highest BCUT2D eigenvalue weighted by Gasteiger charge is 2.62. The van der Waals surface area contributed by atoms with Crippen molar-refractivity contribution in [3.8, 4) is 5.75 Å². The quantitative estimate of drug-likeness (QED) is 0.178. The molecule has 222 valence electrons. The van der Waals surface area contributed by atoms with Crippen LogP contribution in [0.2, 0.25) is 0 Å². The summed E-state index contributed by atoms with van der Waals surface area (Å²) in [4.78, 5) is 6.89. The molecule has 2 aliphatic heterocycles. The van der Waals surface area contributed by atoms with Crippen molar-refractivity contribution in [3.63, 3.8) is 0 Å². The van der Waals surface area contributed by atoms with Gasteiger partial charge < -0.3 is 15.4 Å². The van der Waals surface area contributed by atoms with Gasteiger partial charge in [0, 0.05) is 29.9 Å². The van der Waals surface area contributed by atoms with Crippen molar-refractivity contribution < 1.29 is 31.1 Å². The molecule has 1 aliphatic carbocycles. The number of halogens is 6. The number of anilines is 1. The van der Waals surface area contributed by atoms with Crippen LogP contribution in [0.5, 0.6) is 5.75 Å². The number of alkyl halides is 6. The van der Waals surface area contributed by atoms with Gasteiger partial charge in [-0.3, -0.25) is 9.88 Å². The van der Waals surface area contributed by atoms with E-state index >= 15 is 0 Å². The van der Waals surface area contributed by atoms with Crippen LogP contribution in [0.4, 0.5) is 32.0 Å². The van der Waals surface area contributed by atoms with Gasteiger partial charge in [-0.05, 0) is 96.9 Å². The Morgan fingerprint density at radius 3 is 2.43 bits per heavy atom. The van der Waals surface area contributed by atoms with E-state index in [4.69, 9.17) is 17.0 Å². The molecule has 6 unspecified atom stereocenters. The minimum Gasteiger partial charge on any atom is -0.497 e. The summed E-state index contributed by atoms with van der Waals surface area (Å²) in [6, 6.07) is 8.10. The van der Waals surface area contributed by atoms with E-state index in [0.29, 0.717) is 41.2 Å². The molecule has 7 atom stereocenters. The Balaban J connectivity index is 1.40. The Morgan fingerprint density at radius 2 is 1.79 bits per heavy atom. The van der Waals surface area contributed by atoms with Crippen molar-refractivity contribution in [2.45, 2.75) is 30.9 Å². The number of aromatic nitrogens is 1. The standard InChI is InChI=1S/C30H28F6N4OS/c1-3-19-25-20-7-9-40(14-23(20)25)27(19)26(21-6-8-37-24-5-4-18(41-2)13-22(21)24)39-28(42)38-17-11-15(29(31,32)33)10-16(12-17)30(34,35)36/h3-6,8,10-13,19-20,23,25-27H,1,7,9,14H2,2H3,(H2,38,39,42)/t19?,20?,23?,25?,26-,27?/m1/s1. The number of methoxy groups -OCH3 is 1. The minimum absolute atomic E-state index is 0.0908. The molecule has 2 aromatic carbocycles. The van der Waals surface area contributed by atoms with Crippen molar-refractivity contribution in [2.24, 2.45) is 23.7 Å². The zero-order chi connectivity index (χ0) is 30.0. The van der Waals surface area contributed by atoms with Gasteiger partial charge in [0.2, 0.25) is 0 Å². The number of fused-ring (bicyclic) bond motifs is 3. The lowest BCUT2D eigenvalue weighted by molar-refractivity contribution is -0.143. The third-order valence-electron chi connectivity index (χ3n) is 8.92. The molecule has 2 bridgehead atoms. The molecule has 1 saturated carbocycles. The molecular formula is C30H28F6N4OS. The summed E-state index contributed by atoms with van der Waals surface area (Å²) in [5.41, 5.74) is -1.72. The molecule has 3 fully saturated rings. The SMILES string of the molecule is C=CC1C2C3CCN(CC32)C1[C@H](NC(=S)Nc1cc(C(F)(F)F)cc(C(F)(F)F)c1)c1ccnc2ccc(OC)cc12. The predicted molar refractivity (Wildman–Crippen MR) is 151 cm³/mol. The molecular weight excluding hydrogens is 578 g/mol. The fourth-order valence-corrected chi connectivity index (χ4v) is 7.33. The van der Waals surface area contributed by atoms with Crippen LogP contribution in [0.15, 0.2) is 61.3 Å². The van der Waals surface area contributed by atoms with E-state index in [9.17, 15) is 26.3 Å². The topological polar surface area (TPSA) is 49.4 Å². The first-order valence-corrected chi connectivity index (χ1v) is 14.0. The summed E-state index contributed by atoms with van der Waals surface area (Å²) in [5.74, 6) is 2.42. The number of hydrogen-bond acceptors (Lipinski definition) is 4. The fraction of sp³-hybridized carbons (Fsp3) is 0.400. The van der Waals surface area contributed by atoms with E-state index in [1.165, 1.54) is 0 Å². The van der Waals surface area contributed by atoms with E-state index in [0.717, 1.165) is 30.5 Å². The Bertz CT molecular complexity index is 1510. The van der Waals surface area contributed by atoms with E-state index in [1.54, 1.807) is 19.4 Å². The molecule has 3 aromatic rings. The molecule has 2 saturated heterocycles. The number of piperidine rings is 2. The van der Waals surface area contributed by atoms with Crippen LogP contribution >= 0.6 is 12.2 Å². The van der Waals surface area contributed by atoms with Crippen molar-refractivity contribution in [1.29, 1.82) is 0 Å². The average molecular weight is 607 g/mol. The third kappa shape index (κ3) is 5.19. The van der Waals surface area contributed by atoms with Crippen molar-refractivity contribution in [1.82, 2.24) is 15.2 Å². The molecule has 42 heavy (non-hydrogen) atoms. The van der Waals surface area contributed by atoms with Crippen LogP contribution < -0.4 is 15.4 Å². The maximum Gasteiger partial charge on any atom is 0.416 e. The number of rotatable bonds is 6. The van der Waals surface area contributed by atoms with E-state index in [1.807, 2.05) is 24.3 Å². The van der Waals surface area contributed by atoms with Gasteiger partial charge in [0.25, 0.3) is 0 Å². The molecule has 0 radical (unpaired) electrons. The van der Waals surface area contributed by atoms with Gasteiger partial charge in [0.1, 0.15) is 5.75 Å². The number of ether oxygens (including phenoxy) is 1. The number of nitrogens with one attached hydrogen (secondary N) is 2. The maximum absolute atomic E-state index is 13.5. The second-order valence-electron chi connectivity index (χ2n) is 11.1. The lowest BCUT2D eigenvalue weighted by Gasteiger charge is -2.45. The van der Waals surface area contributed by atoms with Gasteiger partial charge in [-0.15, -0.1) is 6.58 Å². The monoisotopic (exact) mass is 606 g/mol. The van der Waals surface area contributed by atoms with Gasteiger partial charge in [-0.25, -0.2) is 0 Å². The number of thiocarbonyl (C=S) groups is 1. The van der Waals surface area contributed by atoms with Gasteiger partial charge in [-0.2, -0.15) is 26.3 Å². The summed E-state index contributed by atoms with van der Waals surface area (Å²) in [5, 5.41) is 6.59. The minimum atomic E-state index is -4.98. The van der Waals surface area contributed by atoms with Crippen LogP contribution in [-0.2, 0) is 12.4 Å². The number of benzene rings is 2. The fourth-order valence-electron chi connectivity index (χ4n) is 7.08. The molecule has 12 heteroatoms. The number of nitrogens with zero attached hydrogens (tertiary/aromatic N) is 2. The summed E-state index contributed by atoms with van der Waals surface area (Å²) in [7, 11) is 1.56. The molecule has 0 amide bonds. The van der Waals surface area contributed by atoms with E-state index < -0.39 is 35.2 Å². The van der Waals surface area contributed by atoms with Crippen molar-refractivity contribution in [2.75, 3.05) is 25.5 Å². The van der Waals surface area contributed by atoms with E-state index in [-0.39, 0.29) is 23.1 Å². The first-order chi connectivity index (χ1) is 19.9. The molecule has 6 rings (SSSR count). The van der Waals surface area contributed by atoms with Gasteiger partial charge in [0.15, 0.2) is 5.11 Å². The number of hydrogen-bond donors (Lipinski definition) is 2. The van der Waals surface area contributed by atoms with Crippen molar-refractivity contribution in [3.05, 3.63) is 78.0 Å². The Kier molecular flexibility index (Phi) is 7.12. The first-order valence-electron chi connectivity index (χ1n) is 13.6. The summed E-state index contributed by atoms with van der Waals surface area (Å²) in [6.07, 6.45) is -5.23. The Hall–Kier alpha value is -3.38. The van der Waals surface area contributed by atoms with Crippen LogP contribution in [-0.4, -0.2) is 41.2 Å². The second-order valence-corrected chi connectivity index (χ2v) is 11.6. The van der Waals surface area contributed by atoms with E-state index in [2.05, 4.69) is 27.1 Å². The maximum atomic E-state index is 13.5. The molecule has 1 aromatic heterocycles. The molecule has 0 spiro atoms. The highest BCUT2D eigenvalue weighted by atomic mass is 32.1. The third-order valence-corrected chi connectivity index (χ3v) is 9.14. The smallest absolute Gasteiger partial charge is 0.416 e. The largest absolute Gasteiger partial charge is 0.497 e. The molecule has 3 aliphatic rings. The van der Waals surface area contributed by atoms with Gasteiger partial charge in [-0.1, -0.05) is 6.08 Å². The van der Waals surface area contributed by atoms with Crippen LogP contribution in [0.3, 0.4) is 0 Å². The highest BCUT2D eigenvalue weighted by molar-refractivity contribution is 7.80. The predicted octanol–water partition coefficient (Wildman–Crippen LogP) is 7.06. The first kappa shape index (κ1) is 28.7. The lowest BCUT2D eigenvalue weighted by Crippen LogP contribution is -2.54. The zero-order valence-corrected chi connectivity index (χ0v) is 23.3.